The van der Waals surface area contributed by atoms with E-state index in [4.69, 9.17) is 9.47 Å². The SMILES string of the molecule is COc1cc(S(=O)(=O)N2CCOC(C3CCCCC3)C2)sn1. The number of rotatable bonds is 4. The van der Waals surface area contributed by atoms with Crippen LogP contribution in [-0.4, -0.2) is 50.0 Å². The lowest BCUT2D eigenvalue weighted by Crippen LogP contribution is -2.48. The van der Waals surface area contributed by atoms with Gasteiger partial charge in [-0.15, -0.1) is 0 Å². The molecule has 0 radical (unpaired) electrons. The maximum absolute atomic E-state index is 12.7. The van der Waals surface area contributed by atoms with Crippen molar-refractivity contribution in [3.8, 4) is 5.88 Å². The number of aromatic nitrogens is 1. The third kappa shape index (κ3) is 3.29. The molecular weight excluding hydrogens is 324 g/mol. The molecule has 2 aliphatic rings. The Balaban J connectivity index is 1.72. The van der Waals surface area contributed by atoms with Crippen LogP contribution in [0.2, 0.25) is 0 Å². The number of ether oxygens (including phenoxy) is 2. The second-order valence-electron chi connectivity index (χ2n) is 5.86. The second-order valence-corrected chi connectivity index (χ2v) is 8.83. The molecule has 1 aromatic rings. The van der Waals surface area contributed by atoms with E-state index in [1.165, 1.54) is 32.4 Å². The van der Waals surface area contributed by atoms with E-state index in [2.05, 4.69) is 4.37 Å². The van der Waals surface area contributed by atoms with Crippen LogP contribution in [0.5, 0.6) is 5.88 Å². The van der Waals surface area contributed by atoms with Crippen LogP contribution in [0.3, 0.4) is 0 Å². The van der Waals surface area contributed by atoms with Gasteiger partial charge in [-0.2, -0.15) is 8.68 Å². The molecule has 0 bridgehead atoms. The third-order valence-corrected chi connectivity index (χ3v) is 7.56. The van der Waals surface area contributed by atoms with Gasteiger partial charge in [0.15, 0.2) is 4.21 Å². The summed E-state index contributed by atoms with van der Waals surface area (Å²) in [4.78, 5) is 0. The minimum atomic E-state index is -3.49. The number of hydrogen-bond acceptors (Lipinski definition) is 6. The molecule has 1 saturated carbocycles. The van der Waals surface area contributed by atoms with E-state index in [9.17, 15) is 8.42 Å². The van der Waals surface area contributed by atoms with Crippen LogP contribution >= 0.6 is 11.5 Å². The fourth-order valence-corrected chi connectivity index (χ4v) is 5.68. The molecule has 1 saturated heterocycles. The quantitative estimate of drug-likeness (QED) is 0.835. The minimum absolute atomic E-state index is 0.0265. The Morgan fingerprint density at radius 2 is 2.14 bits per heavy atom. The van der Waals surface area contributed by atoms with Crippen LogP contribution in [0.1, 0.15) is 32.1 Å². The number of sulfonamides is 1. The van der Waals surface area contributed by atoms with Crippen molar-refractivity contribution in [2.75, 3.05) is 26.8 Å². The number of hydrogen-bond donors (Lipinski definition) is 0. The summed E-state index contributed by atoms with van der Waals surface area (Å²) in [5.41, 5.74) is 0. The maximum atomic E-state index is 12.7. The zero-order valence-corrected chi connectivity index (χ0v) is 14.4. The first-order valence-corrected chi connectivity index (χ1v) is 9.95. The van der Waals surface area contributed by atoms with E-state index < -0.39 is 10.0 Å². The number of nitrogens with zero attached hydrogens (tertiary/aromatic N) is 2. The summed E-state index contributed by atoms with van der Waals surface area (Å²) in [6.45, 7) is 1.33. The van der Waals surface area contributed by atoms with E-state index in [0.717, 1.165) is 24.4 Å². The second kappa shape index (κ2) is 6.82. The van der Waals surface area contributed by atoms with Crippen molar-refractivity contribution in [2.24, 2.45) is 5.92 Å². The first-order valence-electron chi connectivity index (χ1n) is 7.73. The van der Waals surface area contributed by atoms with Gasteiger partial charge in [0.2, 0.25) is 5.88 Å². The van der Waals surface area contributed by atoms with Crippen LogP contribution in [0, 0.1) is 5.92 Å². The van der Waals surface area contributed by atoms with Crippen molar-refractivity contribution in [1.82, 2.24) is 8.68 Å². The summed E-state index contributed by atoms with van der Waals surface area (Å²) >= 11 is 0.966. The summed E-state index contributed by atoms with van der Waals surface area (Å²) in [6, 6.07) is 1.49. The fourth-order valence-electron chi connectivity index (χ4n) is 3.25. The Morgan fingerprint density at radius 1 is 1.36 bits per heavy atom. The molecular formula is C14H22N2O4S2. The standard InChI is InChI=1S/C14H22N2O4S2/c1-19-13-9-14(21-15-13)22(17,18)16-7-8-20-12(10-16)11-5-3-2-4-6-11/h9,11-12H,2-8,10H2,1H3. The summed E-state index contributed by atoms with van der Waals surface area (Å²) in [6.07, 6.45) is 6.05. The van der Waals surface area contributed by atoms with Gasteiger partial charge in [0, 0.05) is 19.2 Å². The predicted octanol–water partition coefficient (Wildman–Crippen LogP) is 2.12. The van der Waals surface area contributed by atoms with E-state index in [1.807, 2.05) is 0 Å². The van der Waals surface area contributed by atoms with E-state index in [-0.39, 0.29) is 10.3 Å². The van der Waals surface area contributed by atoms with Crippen LogP contribution in [0.4, 0.5) is 0 Å². The van der Waals surface area contributed by atoms with E-state index in [1.54, 1.807) is 4.31 Å². The summed E-state index contributed by atoms with van der Waals surface area (Å²) in [7, 11) is -2.01. The Kier molecular flexibility index (Phi) is 5.01. The molecule has 3 rings (SSSR count). The van der Waals surface area contributed by atoms with Crippen molar-refractivity contribution in [3.05, 3.63) is 6.07 Å². The molecule has 0 spiro atoms. The zero-order valence-electron chi connectivity index (χ0n) is 12.7. The summed E-state index contributed by atoms with van der Waals surface area (Å²) in [5, 5.41) is 0. The van der Waals surface area contributed by atoms with Crippen molar-refractivity contribution in [2.45, 2.75) is 42.4 Å². The van der Waals surface area contributed by atoms with Crippen molar-refractivity contribution in [1.29, 1.82) is 0 Å². The Labute approximate surface area is 135 Å². The highest BCUT2D eigenvalue weighted by molar-refractivity contribution is 7.91. The van der Waals surface area contributed by atoms with Crippen LogP contribution in [-0.2, 0) is 14.8 Å². The van der Waals surface area contributed by atoms with Gasteiger partial charge in [-0.25, -0.2) is 8.42 Å². The van der Waals surface area contributed by atoms with E-state index in [0.29, 0.717) is 31.5 Å². The monoisotopic (exact) mass is 346 g/mol. The third-order valence-electron chi connectivity index (χ3n) is 4.50. The van der Waals surface area contributed by atoms with Gasteiger partial charge >= 0.3 is 0 Å². The summed E-state index contributed by atoms with van der Waals surface area (Å²) in [5.74, 6) is 0.836. The Bertz CT molecular complexity index is 596. The van der Waals surface area contributed by atoms with Crippen molar-refractivity contribution in [3.63, 3.8) is 0 Å². The highest BCUT2D eigenvalue weighted by atomic mass is 32.2. The molecule has 1 atom stereocenters. The normalized spacial score (nSPS) is 25.2. The molecule has 124 valence electrons. The Morgan fingerprint density at radius 3 is 2.82 bits per heavy atom. The molecule has 22 heavy (non-hydrogen) atoms. The summed E-state index contributed by atoms with van der Waals surface area (Å²) < 4.78 is 42.1. The van der Waals surface area contributed by atoms with Gasteiger partial charge in [0.25, 0.3) is 10.0 Å². The molecule has 6 nitrogen and oxygen atoms in total. The smallest absolute Gasteiger partial charge is 0.254 e. The lowest BCUT2D eigenvalue weighted by atomic mass is 9.85. The van der Waals surface area contributed by atoms with Gasteiger partial charge in [0.05, 0.1) is 19.8 Å². The lowest BCUT2D eigenvalue weighted by Gasteiger charge is -2.37. The predicted molar refractivity (Wildman–Crippen MR) is 83.7 cm³/mol. The van der Waals surface area contributed by atoms with Crippen LogP contribution in [0.15, 0.2) is 10.3 Å². The molecule has 0 amide bonds. The first kappa shape index (κ1) is 16.2. The average molecular weight is 346 g/mol. The van der Waals surface area contributed by atoms with Crippen LogP contribution in [0.25, 0.3) is 0 Å². The highest BCUT2D eigenvalue weighted by Crippen LogP contribution is 2.32. The molecule has 8 heteroatoms. The van der Waals surface area contributed by atoms with Gasteiger partial charge in [-0.05, 0) is 30.3 Å². The van der Waals surface area contributed by atoms with Crippen molar-refractivity contribution < 1.29 is 17.9 Å². The molecule has 1 unspecified atom stereocenters. The fraction of sp³-hybridized carbons (Fsp3) is 0.786. The molecule has 1 aliphatic carbocycles. The molecule has 0 N–H and O–H groups in total. The minimum Gasteiger partial charge on any atom is -0.480 e. The highest BCUT2D eigenvalue weighted by Gasteiger charge is 2.35. The molecule has 0 aromatic carbocycles. The number of morpholine rings is 1. The Hall–Kier alpha value is -0.700. The maximum Gasteiger partial charge on any atom is 0.254 e. The first-order chi connectivity index (χ1) is 10.6. The molecule has 2 fully saturated rings. The van der Waals surface area contributed by atoms with Gasteiger partial charge in [-0.3, -0.25) is 0 Å². The van der Waals surface area contributed by atoms with E-state index >= 15 is 0 Å². The molecule has 2 heterocycles. The van der Waals surface area contributed by atoms with Crippen molar-refractivity contribution >= 4 is 21.6 Å². The van der Waals surface area contributed by atoms with Gasteiger partial charge < -0.3 is 9.47 Å². The average Bonchev–Trinajstić information content (AvgIpc) is 3.06. The van der Waals surface area contributed by atoms with Gasteiger partial charge in [0.1, 0.15) is 0 Å². The largest absolute Gasteiger partial charge is 0.480 e. The lowest BCUT2D eigenvalue weighted by molar-refractivity contribution is -0.0430. The molecule has 1 aliphatic heterocycles. The van der Waals surface area contributed by atoms with Crippen LogP contribution < -0.4 is 4.74 Å². The molecule has 1 aromatic heterocycles. The zero-order chi connectivity index (χ0) is 15.6. The topological polar surface area (TPSA) is 68.7 Å². The number of methoxy groups -OCH3 is 1. The van der Waals surface area contributed by atoms with Gasteiger partial charge in [-0.1, -0.05) is 19.3 Å².